The fourth-order valence-electron chi connectivity index (χ4n) is 2.46. The third kappa shape index (κ3) is 3.97. The predicted molar refractivity (Wildman–Crippen MR) is 93.9 cm³/mol. The minimum Gasteiger partial charge on any atom is -0.302 e. The number of anilines is 1. The van der Waals surface area contributed by atoms with Crippen LogP contribution in [0.1, 0.15) is 21.7 Å². The van der Waals surface area contributed by atoms with Crippen molar-refractivity contribution in [3.05, 3.63) is 63.3 Å². The lowest BCUT2D eigenvalue weighted by Crippen LogP contribution is -2.17. The van der Waals surface area contributed by atoms with E-state index in [1.54, 1.807) is 12.1 Å². The number of hydrogen-bond donors (Lipinski definition) is 1. The van der Waals surface area contributed by atoms with Gasteiger partial charge >= 0.3 is 6.18 Å². The number of halogens is 6. The van der Waals surface area contributed by atoms with Gasteiger partial charge in [-0.05, 0) is 6.07 Å². The van der Waals surface area contributed by atoms with Gasteiger partial charge in [-0.2, -0.15) is 23.4 Å². The molecule has 6 nitrogen and oxygen atoms in total. The number of amides is 1. The van der Waals surface area contributed by atoms with E-state index in [-0.39, 0.29) is 17.4 Å². The Bertz CT molecular complexity index is 1040. The second-order valence-electron chi connectivity index (χ2n) is 5.70. The Morgan fingerprint density at radius 1 is 1.21 bits per heavy atom. The Morgan fingerprint density at radius 2 is 1.89 bits per heavy atom. The predicted octanol–water partition coefficient (Wildman–Crippen LogP) is 4.38. The van der Waals surface area contributed by atoms with Crippen molar-refractivity contribution in [1.29, 1.82) is 0 Å². The SMILES string of the molecule is Cn1nc(C(F)(F)F)c(Cl)c1C(=O)Nc1nn(Cc2ccccc2F)cc1Cl. The third-order valence-corrected chi connectivity index (χ3v) is 4.35. The van der Waals surface area contributed by atoms with Crippen LogP contribution in [-0.2, 0) is 19.8 Å². The van der Waals surface area contributed by atoms with Crippen molar-refractivity contribution in [1.82, 2.24) is 19.6 Å². The van der Waals surface area contributed by atoms with Gasteiger partial charge in [0.25, 0.3) is 5.91 Å². The molecule has 2 aromatic heterocycles. The fourth-order valence-corrected chi connectivity index (χ4v) is 3.01. The van der Waals surface area contributed by atoms with Gasteiger partial charge in [0.05, 0.1) is 6.54 Å². The number of alkyl halides is 3. The van der Waals surface area contributed by atoms with E-state index in [9.17, 15) is 22.4 Å². The first-order valence-corrected chi connectivity index (χ1v) is 8.41. The van der Waals surface area contributed by atoms with Crippen LogP contribution < -0.4 is 5.32 Å². The number of hydrogen-bond acceptors (Lipinski definition) is 3. The third-order valence-electron chi connectivity index (χ3n) is 3.71. The molecule has 0 unspecified atom stereocenters. The van der Waals surface area contributed by atoms with Crippen LogP contribution in [0.3, 0.4) is 0 Å². The Labute approximate surface area is 165 Å². The largest absolute Gasteiger partial charge is 0.436 e. The summed E-state index contributed by atoms with van der Waals surface area (Å²) in [5, 5.41) is 8.71. The molecule has 3 aromatic rings. The monoisotopic (exact) mass is 435 g/mol. The maximum absolute atomic E-state index is 13.7. The quantitative estimate of drug-likeness (QED) is 0.618. The van der Waals surface area contributed by atoms with E-state index >= 15 is 0 Å². The van der Waals surface area contributed by atoms with E-state index in [0.717, 1.165) is 7.05 Å². The van der Waals surface area contributed by atoms with Crippen molar-refractivity contribution in [2.24, 2.45) is 7.05 Å². The zero-order chi connectivity index (χ0) is 20.6. The standard InChI is InChI=1S/C16H11Cl2F4N5O/c1-26-12(11(18)13(24-26)16(20,21)22)15(28)23-14-9(17)7-27(25-14)6-8-4-2-3-5-10(8)19/h2-5,7H,6H2,1H3,(H,23,25,28). The number of benzene rings is 1. The number of carbonyl (C=O) groups excluding carboxylic acids is 1. The summed E-state index contributed by atoms with van der Waals surface area (Å²) in [7, 11) is 1.15. The van der Waals surface area contributed by atoms with Crippen LogP contribution in [0.4, 0.5) is 23.4 Å². The summed E-state index contributed by atoms with van der Waals surface area (Å²) in [6.45, 7) is 0.0347. The Kier molecular flexibility index (Phi) is 5.35. The van der Waals surface area contributed by atoms with Crippen LogP contribution in [0.15, 0.2) is 30.5 Å². The van der Waals surface area contributed by atoms with Gasteiger partial charge in [-0.15, -0.1) is 0 Å². The molecule has 1 N–H and O–H groups in total. The maximum Gasteiger partial charge on any atom is 0.436 e. The molecule has 0 saturated heterocycles. The molecule has 0 bridgehead atoms. The van der Waals surface area contributed by atoms with Crippen LogP contribution in [0, 0.1) is 5.82 Å². The smallest absolute Gasteiger partial charge is 0.302 e. The Balaban J connectivity index is 1.83. The fraction of sp³-hybridized carbons (Fsp3) is 0.188. The summed E-state index contributed by atoms with van der Waals surface area (Å²) >= 11 is 11.7. The molecule has 0 aliphatic rings. The van der Waals surface area contributed by atoms with E-state index in [0.29, 0.717) is 10.2 Å². The average Bonchev–Trinajstić information content (AvgIpc) is 3.08. The molecule has 0 spiro atoms. The van der Waals surface area contributed by atoms with Crippen molar-refractivity contribution in [2.45, 2.75) is 12.7 Å². The summed E-state index contributed by atoms with van der Waals surface area (Å²) in [4.78, 5) is 12.4. The van der Waals surface area contributed by atoms with Crippen LogP contribution in [0.25, 0.3) is 0 Å². The molecule has 0 aliphatic heterocycles. The number of carbonyl (C=O) groups is 1. The Morgan fingerprint density at radius 3 is 2.50 bits per heavy atom. The minimum absolute atomic E-state index is 0.0130. The van der Waals surface area contributed by atoms with Crippen molar-refractivity contribution < 1.29 is 22.4 Å². The van der Waals surface area contributed by atoms with Gasteiger partial charge in [0.2, 0.25) is 0 Å². The molecule has 0 fully saturated rings. The average molecular weight is 436 g/mol. The molecule has 12 heteroatoms. The first-order valence-electron chi connectivity index (χ1n) is 7.65. The molecule has 148 valence electrons. The zero-order valence-electron chi connectivity index (χ0n) is 14.1. The van der Waals surface area contributed by atoms with Gasteiger partial charge in [-0.25, -0.2) is 4.39 Å². The van der Waals surface area contributed by atoms with Crippen LogP contribution in [0.2, 0.25) is 10.0 Å². The highest BCUT2D eigenvalue weighted by Crippen LogP contribution is 2.35. The molecule has 28 heavy (non-hydrogen) atoms. The molecule has 2 heterocycles. The van der Waals surface area contributed by atoms with Gasteiger partial charge in [0.1, 0.15) is 21.6 Å². The summed E-state index contributed by atoms with van der Waals surface area (Å²) in [6, 6.07) is 6.02. The highest BCUT2D eigenvalue weighted by Gasteiger charge is 2.39. The van der Waals surface area contributed by atoms with Gasteiger partial charge in [-0.1, -0.05) is 41.4 Å². The van der Waals surface area contributed by atoms with Gasteiger partial charge in [0, 0.05) is 18.8 Å². The molecular formula is C16H11Cl2F4N5O. The van der Waals surface area contributed by atoms with Gasteiger partial charge < -0.3 is 5.32 Å². The van der Waals surface area contributed by atoms with Gasteiger partial charge in [0.15, 0.2) is 11.5 Å². The molecule has 1 aromatic carbocycles. The zero-order valence-corrected chi connectivity index (χ0v) is 15.6. The van der Waals surface area contributed by atoms with Crippen molar-refractivity contribution >= 4 is 34.9 Å². The second-order valence-corrected chi connectivity index (χ2v) is 6.49. The first kappa shape index (κ1) is 20.2. The minimum atomic E-state index is -4.81. The lowest BCUT2D eigenvalue weighted by atomic mass is 10.2. The van der Waals surface area contributed by atoms with Crippen LogP contribution in [-0.4, -0.2) is 25.5 Å². The number of rotatable bonds is 4. The van der Waals surface area contributed by atoms with Crippen LogP contribution in [0.5, 0.6) is 0 Å². The lowest BCUT2D eigenvalue weighted by Gasteiger charge is -2.05. The number of nitrogens with one attached hydrogen (secondary N) is 1. The molecule has 0 atom stereocenters. The van der Waals surface area contributed by atoms with Crippen molar-refractivity contribution in [2.75, 3.05) is 5.32 Å². The highest BCUT2D eigenvalue weighted by molar-refractivity contribution is 6.36. The summed E-state index contributed by atoms with van der Waals surface area (Å²) < 4.78 is 54.4. The molecule has 3 rings (SSSR count). The van der Waals surface area contributed by atoms with E-state index < -0.39 is 34.3 Å². The topological polar surface area (TPSA) is 64.7 Å². The summed E-state index contributed by atoms with van der Waals surface area (Å²) in [6.07, 6.45) is -3.47. The molecule has 0 saturated carbocycles. The van der Waals surface area contributed by atoms with Crippen molar-refractivity contribution in [3.8, 4) is 0 Å². The van der Waals surface area contributed by atoms with E-state index in [4.69, 9.17) is 23.2 Å². The van der Waals surface area contributed by atoms with E-state index in [1.807, 2.05) is 0 Å². The van der Waals surface area contributed by atoms with Gasteiger partial charge in [-0.3, -0.25) is 14.2 Å². The molecule has 0 aliphatic carbocycles. The molecule has 1 amide bonds. The normalized spacial score (nSPS) is 11.7. The van der Waals surface area contributed by atoms with E-state index in [2.05, 4.69) is 15.5 Å². The Hall–Kier alpha value is -2.59. The molecule has 0 radical (unpaired) electrons. The van der Waals surface area contributed by atoms with Crippen molar-refractivity contribution in [3.63, 3.8) is 0 Å². The first-order chi connectivity index (χ1) is 13.1. The van der Waals surface area contributed by atoms with E-state index in [1.165, 1.54) is 23.0 Å². The number of nitrogens with zero attached hydrogens (tertiary/aromatic N) is 4. The lowest BCUT2D eigenvalue weighted by molar-refractivity contribution is -0.141. The summed E-state index contributed by atoms with van der Waals surface area (Å²) in [5.74, 6) is -1.54. The number of aryl methyl sites for hydroxylation is 1. The second kappa shape index (κ2) is 7.44. The van der Waals surface area contributed by atoms with Crippen LogP contribution >= 0.6 is 23.2 Å². The highest BCUT2D eigenvalue weighted by atomic mass is 35.5. The number of aromatic nitrogens is 4. The summed E-state index contributed by atoms with van der Waals surface area (Å²) in [5.41, 5.74) is -1.55. The maximum atomic E-state index is 13.7. The molecular weight excluding hydrogens is 425 g/mol.